The summed E-state index contributed by atoms with van der Waals surface area (Å²) in [6, 6.07) is 20.0. The molecule has 3 aliphatic rings. The Morgan fingerprint density at radius 2 is 1.69 bits per heavy atom. The maximum atomic E-state index is 13.1. The monoisotopic (exact) mass is 788 g/mol. The van der Waals surface area contributed by atoms with Gasteiger partial charge in [0.25, 0.3) is 11.8 Å². The molecule has 1 unspecified atom stereocenters. The quantitative estimate of drug-likeness (QED) is 0.0900. The van der Waals surface area contributed by atoms with Crippen molar-refractivity contribution >= 4 is 39.5 Å². The summed E-state index contributed by atoms with van der Waals surface area (Å²) >= 11 is 0. The Morgan fingerprint density at radius 3 is 2.51 bits per heavy atom. The summed E-state index contributed by atoms with van der Waals surface area (Å²) in [7, 11) is 2.08. The molecule has 0 radical (unpaired) electrons. The zero-order valence-electron chi connectivity index (χ0n) is 32.6. The molecule has 1 aliphatic carbocycles. The smallest absolute Gasteiger partial charge is 0.262 e. The molecule has 1 N–H and O–H groups in total. The highest BCUT2D eigenvalue weighted by Gasteiger charge is 2.44. The van der Waals surface area contributed by atoms with Gasteiger partial charge in [-0.1, -0.05) is 24.6 Å². The number of piperidine rings is 1. The lowest BCUT2D eigenvalue weighted by molar-refractivity contribution is -0.125. The van der Waals surface area contributed by atoms with Gasteiger partial charge in [0.2, 0.25) is 11.8 Å². The predicted octanol–water partition coefficient (Wildman–Crippen LogP) is 6.32. The number of carbonyl (C=O) groups excluding carboxylic acids is 3. The van der Waals surface area contributed by atoms with Gasteiger partial charge in [0.1, 0.15) is 48.7 Å². The summed E-state index contributed by atoms with van der Waals surface area (Å²) in [5.41, 5.74) is 6.80. The third-order valence-corrected chi connectivity index (χ3v) is 11.0. The summed E-state index contributed by atoms with van der Waals surface area (Å²) in [6.07, 6.45) is 7.98. The van der Waals surface area contributed by atoms with Gasteiger partial charge in [0.05, 0.1) is 28.9 Å². The van der Waals surface area contributed by atoms with Gasteiger partial charge >= 0.3 is 0 Å². The number of allylic oxidation sites excluding steroid dienone is 1. The fourth-order valence-electron chi connectivity index (χ4n) is 7.74. The summed E-state index contributed by atoms with van der Waals surface area (Å²) in [4.78, 5) is 53.0. The number of amides is 3. The molecule has 1 saturated carbocycles. The van der Waals surface area contributed by atoms with Gasteiger partial charge < -0.3 is 28.8 Å². The van der Waals surface area contributed by atoms with E-state index in [1.54, 1.807) is 12.1 Å². The van der Waals surface area contributed by atoms with Crippen LogP contribution < -0.4 is 19.5 Å². The number of aromatic nitrogens is 4. The molecule has 2 aromatic carbocycles. The highest BCUT2D eigenvalue weighted by atomic mass is 16.5. The van der Waals surface area contributed by atoms with E-state index in [1.807, 2.05) is 55.8 Å². The first-order chi connectivity index (χ1) is 28.7. The van der Waals surface area contributed by atoms with Crippen molar-refractivity contribution in [1.82, 2.24) is 29.7 Å². The van der Waals surface area contributed by atoms with Crippen molar-refractivity contribution in [3.63, 3.8) is 0 Å². The van der Waals surface area contributed by atoms with Gasteiger partial charge in [-0.3, -0.25) is 24.3 Å². The molecule has 4 aromatic heterocycles. The zero-order chi connectivity index (χ0) is 40.6. The fourth-order valence-corrected chi connectivity index (χ4v) is 7.74. The topological polar surface area (TPSA) is 147 Å². The molecule has 59 heavy (non-hydrogen) atoms. The van der Waals surface area contributed by atoms with Crippen LogP contribution in [0.15, 0.2) is 97.6 Å². The second-order valence-corrected chi connectivity index (χ2v) is 14.8. The molecule has 6 aromatic rings. The number of benzene rings is 2. The summed E-state index contributed by atoms with van der Waals surface area (Å²) < 4.78 is 25.9. The van der Waals surface area contributed by atoms with Gasteiger partial charge in [-0.25, -0.2) is 9.97 Å². The number of imide groups is 1. The number of fused-ring (bicyclic) bond motifs is 4. The Bertz CT molecular complexity index is 2730. The van der Waals surface area contributed by atoms with Gasteiger partial charge in [-0.05, 0) is 79.8 Å². The standard InChI is InChI=1S/C46H40N6O7/c1-27-6-13-40(44(53)49-27)52-45(54)36-12-10-32(24-37(36)46(52)55)57-20-19-56-18-4-5-31-9-14-42(28(2)50-31)58-33-22-34(23-33)59-43-15-8-30(25-48-43)29-7-11-35-38-26-47-17-16-39(38)51(3)41(35)21-29/h7-12,14-17,21,24-26,33-34,40H,1,6,13,18-20,22-23H2,2-3H3,(H,49,53). The predicted molar refractivity (Wildman–Crippen MR) is 219 cm³/mol. The van der Waals surface area contributed by atoms with Crippen LogP contribution in [0.2, 0.25) is 0 Å². The summed E-state index contributed by atoms with van der Waals surface area (Å²) in [6.45, 7) is 6.29. The minimum Gasteiger partial charge on any atom is -0.491 e. The van der Waals surface area contributed by atoms with Crippen molar-refractivity contribution in [2.24, 2.45) is 7.05 Å². The molecule has 296 valence electrons. The highest BCUT2D eigenvalue weighted by molar-refractivity contribution is 6.23. The van der Waals surface area contributed by atoms with Crippen molar-refractivity contribution in [2.45, 2.75) is 50.9 Å². The third-order valence-electron chi connectivity index (χ3n) is 11.0. The van der Waals surface area contributed by atoms with Crippen LogP contribution in [0.25, 0.3) is 32.9 Å². The number of ether oxygens (including phenoxy) is 4. The Morgan fingerprint density at radius 1 is 0.864 bits per heavy atom. The molecule has 3 amide bonds. The van der Waals surface area contributed by atoms with Crippen LogP contribution in [0.4, 0.5) is 0 Å². The largest absolute Gasteiger partial charge is 0.491 e. The van der Waals surface area contributed by atoms with Crippen molar-refractivity contribution in [3.8, 4) is 40.3 Å². The number of rotatable bonds is 11. The summed E-state index contributed by atoms with van der Waals surface area (Å²) in [5, 5.41) is 4.95. The van der Waals surface area contributed by atoms with Crippen LogP contribution in [0.1, 0.15) is 57.8 Å². The first kappa shape index (κ1) is 37.5. The minimum absolute atomic E-state index is 0.0236. The van der Waals surface area contributed by atoms with Crippen LogP contribution in [0, 0.1) is 18.8 Å². The highest BCUT2D eigenvalue weighted by Crippen LogP contribution is 2.34. The molecule has 2 aliphatic heterocycles. The zero-order valence-corrected chi connectivity index (χ0v) is 32.6. The average molecular weight is 789 g/mol. The lowest BCUT2D eigenvalue weighted by atomic mass is 9.92. The number of nitrogens with one attached hydrogen (secondary N) is 1. The van der Waals surface area contributed by atoms with Crippen LogP contribution >= 0.6 is 0 Å². The van der Waals surface area contributed by atoms with Crippen molar-refractivity contribution in [2.75, 3.05) is 19.8 Å². The summed E-state index contributed by atoms with van der Waals surface area (Å²) in [5.74, 6) is 6.31. The minimum atomic E-state index is -0.864. The first-order valence-corrected chi connectivity index (χ1v) is 19.5. The molecule has 0 bridgehead atoms. The Labute approximate surface area is 340 Å². The van der Waals surface area contributed by atoms with E-state index in [4.69, 9.17) is 18.9 Å². The SMILES string of the molecule is C=C1CCC(N2C(=O)c3ccc(OCCOCC#Cc4ccc(OC5CC(Oc6ccc(-c7ccc8c9cnccc9n(C)c8c7)cn6)C5)c(C)n4)cc3C2=O)C(=O)N1. The van der Waals surface area contributed by atoms with Gasteiger partial charge in [-0.15, -0.1) is 0 Å². The van der Waals surface area contributed by atoms with Crippen molar-refractivity contribution in [1.29, 1.82) is 0 Å². The first-order valence-electron chi connectivity index (χ1n) is 19.5. The number of aryl methyl sites for hydroxylation is 2. The molecule has 13 nitrogen and oxygen atoms in total. The lowest BCUT2D eigenvalue weighted by Crippen LogP contribution is -2.51. The molecule has 13 heteroatoms. The number of carbonyl (C=O) groups is 3. The third kappa shape index (κ3) is 7.46. The van der Waals surface area contributed by atoms with E-state index < -0.39 is 23.8 Å². The maximum absolute atomic E-state index is 13.1. The van der Waals surface area contributed by atoms with E-state index in [0.29, 0.717) is 41.6 Å². The number of pyridine rings is 3. The van der Waals surface area contributed by atoms with E-state index in [-0.39, 0.29) is 43.2 Å². The van der Waals surface area contributed by atoms with Gasteiger partial charge in [-0.2, -0.15) is 0 Å². The van der Waals surface area contributed by atoms with Gasteiger partial charge in [0.15, 0.2) is 0 Å². The molecule has 1 saturated heterocycles. The molecule has 1 atom stereocenters. The Hall–Kier alpha value is -7.04. The Balaban J connectivity index is 0.697. The second kappa shape index (κ2) is 15.7. The maximum Gasteiger partial charge on any atom is 0.262 e. The Kier molecular flexibility index (Phi) is 10.00. The van der Waals surface area contributed by atoms with E-state index in [1.165, 1.54) is 11.5 Å². The number of nitrogens with zero attached hydrogens (tertiary/aromatic N) is 5. The van der Waals surface area contributed by atoms with Crippen LogP contribution in [0.3, 0.4) is 0 Å². The lowest BCUT2D eigenvalue weighted by Gasteiger charge is -2.35. The second-order valence-electron chi connectivity index (χ2n) is 14.8. The van der Waals surface area contributed by atoms with E-state index in [2.05, 4.69) is 68.5 Å². The van der Waals surface area contributed by atoms with E-state index in [0.717, 1.165) is 51.0 Å². The van der Waals surface area contributed by atoms with Crippen LogP contribution in [-0.2, 0) is 16.6 Å². The van der Waals surface area contributed by atoms with Crippen LogP contribution in [-0.4, -0.2) is 80.2 Å². The fraction of sp³-hybridized carbons (Fsp3) is 0.261. The number of hydrogen-bond donors (Lipinski definition) is 1. The van der Waals surface area contributed by atoms with Crippen molar-refractivity contribution in [3.05, 3.63) is 120 Å². The van der Waals surface area contributed by atoms with Crippen molar-refractivity contribution < 1.29 is 33.3 Å². The molecular formula is C46H40N6O7. The van der Waals surface area contributed by atoms with Crippen LogP contribution in [0.5, 0.6) is 17.4 Å². The van der Waals surface area contributed by atoms with E-state index in [9.17, 15) is 14.4 Å². The number of hydrogen-bond acceptors (Lipinski definition) is 10. The average Bonchev–Trinajstić information content (AvgIpc) is 3.65. The molecular weight excluding hydrogens is 749 g/mol. The molecule has 9 rings (SSSR count). The molecule has 2 fully saturated rings. The van der Waals surface area contributed by atoms with Gasteiger partial charge in [0, 0.05) is 72.1 Å². The van der Waals surface area contributed by atoms with E-state index >= 15 is 0 Å². The molecule has 6 heterocycles. The molecule has 0 spiro atoms. The normalized spacial score (nSPS) is 18.6.